The van der Waals surface area contributed by atoms with Gasteiger partial charge in [0.2, 0.25) is 0 Å². The number of aromatic nitrogens is 1. The zero-order valence-electron chi connectivity index (χ0n) is 15.5. The van der Waals surface area contributed by atoms with Crippen molar-refractivity contribution in [2.75, 3.05) is 6.54 Å². The third kappa shape index (κ3) is 3.57. The first-order valence-electron chi connectivity index (χ1n) is 8.75. The average molecular weight is 346 g/mol. The molecule has 0 aliphatic carbocycles. The van der Waals surface area contributed by atoms with E-state index in [1.807, 2.05) is 37.8 Å². The summed E-state index contributed by atoms with van der Waals surface area (Å²) in [5.41, 5.74) is 2.08. The van der Waals surface area contributed by atoms with Gasteiger partial charge in [-0.05, 0) is 64.2 Å². The highest BCUT2D eigenvalue weighted by Crippen LogP contribution is 2.33. The number of oxazole rings is 1. The molecule has 2 unspecified atom stereocenters. The van der Waals surface area contributed by atoms with E-state index < -0.39 is 5.60 Å². The van der Waals surface area contributed by atoms with Crippen molar-refractivity contribution < 1.29 is 13.9 Å². The highest BCUT2D eigenvalue weighted by Gasteiger charge is 2.32. The summed E-state index contributed by atoms with van der Waals surface area (Å²) >= 11 is 0. The molecule has 1 amide bonds. The molecule has 3 rings (SSSR count). The number of piperidine rings is 1. The summed E-state index contributed by atoms with van der Waals surface area (Å²) in [6.07, 6.45) is 1.48. The molecule has 2 heterocycles. The summed E-state index contributed by atoms with van der Waals surface area (Å²) < 4.78 is 12.3. The van der Waals surface area contributed by atoms with Gasteiger partial charge in [0.25, 0.3) is 0 Å². The number of carbonyl (C=O) groups excluding carboxylic acids is 1. The molecule has 136 valence electrons. The van der Waals surface area contributed by atoms with Crippen molar-refractivity contribution in [2.45, 2.75) is 58.1 Å². The molecule has 1 aromatic carbocycles. The van der Waals surface area contributed by atoms with E-state index in [2.05, 4.69) is 13.0 Å². The lowest BCUT2D eigenvalue weighted by Gasteiger charge is -2.38. The lowest BCUT2D eigenvalue weighted by Crippen LogP contribution is -2.46. The van der Waals surface area contributed by atoms with Crippen molar-refractivity contribution in [2.24, 2.45) is 7.05 Å². The number of hydrogen-bond donors (Lipinski definition) is 0. The second kappa shape index (κ2) is 6.24. The highest BCUT2D eigenvalue weighted by molar-refractivity contribution is 5.74. The number of aryl methyl sites for hydroxylation is 1. The fourth-order valence-corrected chi connectivity index (χ4v) is 3.47. The molecule has 6 nitrogen and oxygen atoms in total. The predicted molar refractivity (Wildman–Crippen MR) is 95.8 cm³/mol. The second-order valence-corrected chi connectivity index (χ2v) is 7.90. The molecule has 2 atom stereocenters. The number of hydrogen-bond acceptors (Lipinski definition) is 4. The minimum absolute atomic E-state index is 0.104. The number of benzene rings is 1. The number of fused-ring (bicyclic) bond motifs is 1. The molecule has 0 spiro atoms. The quantitative estimate of drug-likeness (QED) is 0.791. The van der Waals surface area contributed by atoms with Crippen LogP contribution >= 0.6 is 0 Å². The zero-order chi connectivity index (χ0) is 18.4. The second-order valence-electron chi connectivity index (χ2n) is 7.90. The molecule has 1 aliphatic rings. The van der Waals surface area contributed by atoms with E-state index in [1.54, 1.807) is 7.05 Å². The monoisotopic (exact) mass is 346 g/mol. The van der Waals surface area contributed by atoms with Crippen molar-refractivity contribution >= 4 is 17.2 Å². The van der Waals surface area contributed by atoms with Crippen LogP contribution in [0.25, 0.3) is 11.1 Å². The molecule has 25 heavy (non-hydrogen) atoms. The number of ether oxygens (including phenoxy) is 1. The van der Waals surface area contributed by atoms with Gasteiger partial charge in [0.15, 0.2) is 5.58 Å². The lowest BCUT2D eigenvalue weighted by molar-refractivity contribution is 0.0103. The van der Waals surface area contributed by atoms with Crippen LogP contribution < -0.4 is 5.76 Å². The minimum Gasteiger partial charge on any atom is -0.444 e. The van der Waals surface area contributed by atoms with Crippen molar-refractivity contribution in [1.29, 1.82) is 0 Å². The Hall–Kier alpha value is -2.24. The molecular weight excluding hydrogens is 320 g/mol. The van der Waals surface area contributed by atoms with Gasteiger partial charge in [-0.25, -0.2) is 9.59 Å². The van der Waals surface area contributed by atoms with E-state index in [1.165, 1.54) is 4.57 Å². The molecule has 1 aromatic heterocycles. The van der Waals surface area contributed by atoms with Gasteiger partial charge in [-0.15, -0.1) is 0 Å². The van der Waals surface area contributed by atoms with E-state index in [-0.39, 0.29) is 17.9 Å². The number of amides is 1. The van der Waals surface area contributed by atoms with Crippen LogP contribution in [0.1, 0.15) is 52.0 Å². The summed E-state index contributed by atoms with van der Waals surface area (Å²) in [5, 5.41) is 0. The van der Waals surface area contributed by atoms with Crippen molar-refractivity contribution in [1.82, 2.24) is 9.47 Å². The van der Waals surface area contributed by atoms with Crippen molar-refractivity contribution in [3.63, 3.8) is 0 Å². The van der Waals surface area contributed by atoms with E-state index >= 15 is 0 Å². The Kier molecular flexibility index (Phi) is 4.39. The maximum Gasteiger partial charge on any atom is 0.419 e. The van der Waals surface area contributed by atoms with Crippen LogP contribution in [0.3, 0.4) is 0 Å². The molecule has 0 N–H and O–H groups in total. The Morgan fingerprint density at radius 1 is 1.32 bits per heavy atom. The molecule has 1 fully saturated rings. The number of carbonyl (C=O) groups is 1. The summed E-state index contributed by atoms with van der Waals surface area (Å²) in [6.45, 7) is 8.36. The van der Waals surface area contributed by atoms with Gasteiger partial charge in [-0.2, -0.15) is 0 Å². The maximum atomic E-state index is 12.3. The fraction of sp³-hybridized carbons (Fsp3) is 0.579. The van der Waals surface area contributed by atoms with Crippen LogP contribution in [0.15, 0.2) is 27.4 Å². The smallest absolute Gasteiger partial charge is 0.419 e. The Labute approximate surface area is 147 Å². The molecule has 6 heteroatoms. The lowest BCUT2D eigenvalue weighted by atomic mass is 9.86. The third-order valence-corrected chi connectivity index (χ3v) is 4.79. The minimum atomic E-state index is -0.483. The fourth-order valence-electron chi connectivity index (χ4n) is 3.47. The molecule has 0 bridgehead atoms. The van der Waals surface area contributed by atoms with Gasteiger partial charge in [-0.3, -0.25) is 4.57 Å². The standard InChI is InChI=1S/C19H26N2O4/c1-12-10-14(8-9-21(12)18(23)25-19(2,3)4)13-6-7-15-16(11-13)24-17(22)20(15)5/h6-7,11-12,14H,8-10H2,1-5H3. The van der Waals surface area contributed by atoms with E-state index in [9.17, 15) is 9.59 Å². The van der Waals surface area contributed by atoms with Gasteiger partial charge in [0.05, 0.1) is 5.52 Å². The summed E-state index contributed by atoms with van der Waals surface area (Å²) in [6, 6.07) is 6.04. The van der Waals surface area contributed by atoms with Crippen molar-refractivity contribution in [3.05, 3.63) is 34.3 Å². The van der Waals surface area contributed by atoms with Crippen LogP contribution in [0.4, 0.5) is 4.79 Å². The first-order chi connectivity index (χ1) is 11.7. The summed E-state index contributed by atoms with van der Waals surface area (Å²) in [4.78, 5) is 25.8. The Balaban J connectivity index is 1.74. The SMILES string of the molecule is CC1CC(c2ccc3c(c2)oc(=O)n3C)CCN1C(=O)OC(C)(C)C. The van der Waals surface area contributed by atoms with Gasteiger partial charge >= 0.3 is 11.8 Å². The van der Waals surface area contributed by atoms with Gasteiger partial charge in [-0.1, -0.05) is 6.07 Å². The average Bonchev–Trinajstić information content (AvgIpc) is 2.79. The number of likely N-dealkylation sites (tertiary alicyclic amines) is 1. The normalized spacial score (nSPS) is 21.6. The molecule has 1 saturated heterocycles. The molecule has 0 saturated carbocycles. The first kappa shape index (κ1) is 17.6. The van der Waals surface area contributed by atoms with Gasteiger partial charge in [0.1, 0.15) is 5.60 Å². The van der Waals surface area contributed by atoms with Crippen LogP contribution in [0.5, 0.6) is 0 Å². The van der Waals surface area contributed by atoms with Gasteiger partial charge < -0.3 is 14.1 Å². The maximum absolute atomic E-state index is 12.3. The third-order valence-electron chi connectivity index (χ3n) is 4.79. The van der Waals surface area contributed by atoms with Crippen LogP contribution in [0.2, 0.25) is 0 Å². The van der Waals surface area contributed by atoms with Gasteiger partial charge in [0, 0.05) is 19.6 Å². The molecule has 1 aliphatic heterocycles. The predicted octanol–water partition coefficient (Wildman–Crippen LogP) is 3.63. The van der Waals surface area contributed by atoms with E-state index in [0.717, 1.165) is 23.9 Å². The Bertz CT molecular complexity index is 843. The molecule has 2 aromatic rings. The summed E-state index contributed by atoms with van der Waals surface area (Å²) in [5.74, 6) is -0.0103. The Morgan fingerprint density at radius 3 is 2.68 bits per heavy atom. The molecular formula is C19H26N2O4. The zero-order valence-corrected chi connectivity index (χ0v) is 15.5. The van der Waals surface area contributed by atoms with Crippen LogP contribution in [-0.4, -0.2) is 33.7 Å². The van der Waals surface area contributed by atoms with Crippen LogP contribution in [0, 0.1) is 0 Å². The van der Waals surface area contributed by atoms with E-state index in [4.69, 9.17) is 9.15 Å². The molecule has 0 radical (unpaired) electrons. The Morgan fingerprint density at radius 2 is 2.04 bits per heavy atom. The first-order valence-corrected chi connectivity index (χ1v) is 8.75. The van der Waals surface area contributed by atoms with E-state index in [0.29, 0.717) is 18.0 Å². The number of rotatable bonds is 1. The summed E-state index contributed by atoms with van der Waals surface area (Å²) in [7, 11) is 1.70. The topological polar surface area (TPSA) is 64.7 Å². The highest BCUT2D eigenvalue weighted by atomic mass is 16.6. The largest absolute Gasteiger partial charge is 0.444 e. The number of nitrogens with zero attached hydrogens (tertiary/aromatic N) is 2. The van der Waals surface area contributed by atoms with Crippen molar-refractivity contribution in [3.8, 4) is 0 Å². The van der Waals surface area contributed by atoms with Crippen LogP contribution in [-0.2, 0) is 11.8 Å².